The van der Waals surface area contributed by atoms with Gasteiger partial charge in [0, 0.05) is 17.8 Å². The zero-order chi connectivity index (χ0) is 22.6. The lowest BCUT2D eigenvalue weighted by Crippen LogP contribution is -2.64. The minimum Gasteiger partial charge on any atom is -0.393 e. The van der Waals surface area contributed by atoms with Gasteiger partial charge < -0.3 is 5.11 Å². The summed E-state index contributed by atoms with van der Waals surface area (Å²) in [6.07, 6.45) is 12.3. The Morgan fingerprint density at radius 1 is 0.871 bits per heavy atom. The van der Waals surface area contributed by atoms with Gasteiger partial charge in [-0.1, -0.05) is 60.1 Å². The molecule has 0 saturated heterocycles. The van der Waals surface area contributed by atoms with E-state index in [1.807, 2.05) is 0 Å². The maximum atomic E-state index is 13.6. The molecule has 0 bridgehead atoms. The number of ketones is 1. The second-order valence-corrected chi connectivity index (χ2v) is 14.4. The van der Waals surface area contributed by atoms with E-state index in [1.165, 1.54) is 32.1 Å². The van der Waals surface area contributed by atoms with Crippen molar-refractivity contribution in [3.63, 3.8) is 0 Å². The molecule has 0 aromatic heterocycles. The van der Waals surface area contributed by atoms with E-state index in [9.17, 15) is 9.90 Å². The molecule has 5 rings (SSSR count). The van der Waals surface area contributed by atoms with Crippen LogP contribution in [0.3, 0.4) is 0 Å². The second-order valence-electron chi connectivity index (χ2n) is 14.4. The highest BCUT2D eigenvalue weighted by Gasteiger charge is 2.67. The average molecular weight is 427 g/mol. The number of hydrogen-bond donors (Lipinski definition) is 1. The molecule has 0 unspecified atom stereocenters. The number of aliphatic hydroxyl groups excluding tert-OH is 1. The lowest BCUT2D eigenvalue weighted by molar-refractivity contribution is -0.200. The zero-order valence-electron chi connectivity index (χ0n) is 21.2. The Bertz CT molecular complexity index is 821. The maximum Gasteiger partial charge on any atom is 0.137 e. The third-order valence-electron chi connectivity index (χ3n) is 12.2. The van der Waals surface area contributed by atoms with Crippen molar-refractivity contribution in [1.29, 1.82) is 0 Å². The van der Waals surface area contributed by atoms with Crippen LogP contribution in [0.1, 0.15) is 106 Å². The van der Waals surface area contributed by atoms with Gasteiger partial charge in [-0.25, -0.2) is 0 Å². The Morgan fingerprint density at radius 2 is 1.58 bits per heavy atom. The van der Waals surface area contributed by atoms with Gasteiger partial charge in [0.2, 0.25) is 0 Å². The maximum absolute atomic E-state index is 13.6. The van der Waals surface area contributed by atoms with E-state index in [0.717, 1.165) is 25.7 Å². The molecule has 8 atom stereocenters. The lowest BCUT2D eigenvalue weighted by atomic mass is 9.34. The first-order chi connectivity index (χ1) is 14.3. The summed E-state index contributed by atoms with van der Waals surface area (Å²) in [5.41, 5.74) is 2.46. The molecule has 0 aliphatic heterocycles. The van der Waals surface area contributed by atoms with Crippen molar-refractivity contribution in [3.8, 4) is 0 Å². The summed E-state index contributed by atoms with van der Waals surface area (Å²) in [7, 11) is 0. The van der Waals surface area contributed by atoms with Gasteiger partial charge in [0.1, 0.15) is 5.78 Å². The number of rotatable bonds is 0. The van der Waals surface area contributed by atoms with Crippen molar-refractivity contribution in [2.75, 3.05) is 0 Å². The molecule has 0 radical (unpaired) electrons. The monoisotopic (exact) mass is 426 g/mol. The highest BCUT2D eigenvalue weighted by molar-refractivity contribution is 5.85. The van der Waals surface area contributed by atoms with Crippen molar-refractivity contribution < 1.29 is 9.90 Å². The van der Waals surface area contributed by atoms with E-state index in [2.05, 4.69) is 54.5 Å². The molecule has 0 amide bonds. The standard InChI is InChI=1S/C29H46O2/c1-25(2)13-10-18-19(16-25)20-8-9-23-27(5)14-12-24(31)26(3,4)22(27)11-15-28(23,6)29(20,7)17-21(18)30/h8,18-19,22-24,31H,9-17H2,1-7H3/t18-,19-,22+,23-,24+,27+,28-,29-/m1/s1. The van der Waals surface area contributed by atoms with Gasteiger partial charge in [0.05, 0.1) is 6.10 Å². The van der Waals surface area contributed by atoms with E-state index in [-0.39, 0.29) is 33.7 Å². The minimum absolute atomic E-state index is 0.00970. The Labute approximate surface area is 190 Å². The number of allylic oxidation sites excluding steroid dienone is 2. The van der Waals surface area contributed by atoms with Crippen molar-refractivity contribution in [3.05, 3.63) is 11.6 Å². The minimum atomic E-state index is -0.179. The molecule has 174 valence electrons. The predicted molar refractivity (Wildman–Crippen MR) is 126 cm³/mol. The van der Waals surface area contributed by atoms with Gasteiger partial charge in [0.15, 0.2) is 0 Å². The van der Waals surface area contributed by atoms with E-state index >= 15 is 0 Å². The number of Topliss-reactive ketones (excluding diaryl/α,β-unsaturated/α-hetero) is 1. The smallest absolute Gasteiger partial charge is 0.137 e. The molecule has 2 heteroatoms. The molecular weight excluding hydrogens is 380 g/mol. The van der Waals surface area contributed by atoms with Crippen LogP contribution in [0.25, 0.3) is 0 Å². The fourth-order valence-corrected chi connectivity index (χ4v) is 10.2. The summed E-state index contributed by atoms with van der Waals surface area (Å²) in [4.78, 5) is 13.6. The molecule has 5 aliphatic carbocycles. The molecule has 5 aliphatic rings. The third-order valence-corrected chi connectivity index (χ3v) is 12.2. The van der Waals surface area contributed by atoms with Crippen LogP contribution in [0.2, 0.25) is 0 Å². The van der Waals surface area contributed by atoms with E-state index in [1.54, 1.807) is 5.57 Å². The Balaban J connectivity index is 1.58. The summed E-state index contributed by atoms with van der Waals surface area (Å²) >= 11 is 0. The third kappa shape index (κ3) is 2.75. The molecule has 4 fully saturated rings. The molecule has 0 heterocycles. The van der Waals surface area contributed by atoms with Crippen LogP contribution in [0.4, 0.5) is 0 Å². The summed E-state index contributed by atoms with van der Waals surface area (Å²) < 4.78 is 0. The summed E-state index contributed by atoms with van der Waals surface area (Å²) in [5.74, 6) is 2.50. The fourth-order valence-electron chi connectivity index (χ4n) is 10.2. The van der Waals surface area contributed by atoms with Crippen LogP contribution in [0, 0.1) is 50.7 Å². The zero-order valence-corrected chi connectivity index (χ0v) is 21.2. The number of hydrogen-bond acceptors (Lipinski definition) is 2. The number of fused-ring (bicyclic) bond motifs is 7. The van der Waals surface area contributed by atoms with Crippen LogP contribution >= 0.6 is 0 Å². The Hall–Kier alpha value is -0.630. The highest BCUT2D eigenvalue weighted by atomic mass is 16.3. The van der Waals surface area contributed by atoms with Crippen LogP contribution < -0.4 is 0 Å². The van der Waals surface area contributed by atoms with E-state index in [4.69, 9.17) is 0 Å². The van der Waals surface area contributed by atoms with Gasteiger partial charge in [-0.05, 0) is 90.8 Å². The predicted octanol–water partition coefficient (Wildman–Crippen LogP) is 6.96. The van der Waals surface area contributed by atoms with Crippen LogP contribution in [0.5, 0.6) is 0 Å². The van der Waals surface area contributed by atoms with Gasteiger partial charge in [-0.2, -0.15) is 0 Å². The second kappa shape index (κ2) is 6.49. The highest BCUT2D eigenvalue weighted by Crippen LogP contribution is 2.74. The number of aliphatic hydroxyl groups is 1. The Morgan fingerprint density at radius 3 is 2.29 bits per heavy atom. The van der Waals surface area contributed by atoms with Crippen molar-refractivity contribution >= 4 is 5.78 Å². The average Bonchev–Trinajstić information content (AvgIpc) is 2.65. The number of carbonyl (C=O) groups is 1. The van der Waals surface area contributed by atoms with Crippen molar-refractivity contribution in [1.82, 2.24) is 0 Å². The van der Waals surface area contributed by atoms with Gasteiger partial charge in [-0.15, -0.1) is 0 Å². The summed E-state index contributed by atoms with van der Waals surface area (Å²) in [6.45, 7) is 17.0. The van der Waals surface area contributed by atoms with Gasteiger partial charge >= 0.3 is 0 Å². The molecule has 1 N–H and O–H groups in total. The molecule has 31 heavy (non-hydrogen) atoms. The molecule has 0 aromatic carbocycles. The SMILES string of the molecule is CC1(C)CC[C@H]2C(=O)C[C@]3(C)C(=CC[C@@H]4[C@@]5(C)CC[C@H](O)C(C)(C)[C@@H]5CC[C@]43C)[C@@H]2C1. The molecular formula is C29H46O2. The van der Waals surface area contributed by atoms with Crippen LogP contribution in [-0.2, 0) is 4.79 Å². The van der Waals surface area contributed by atoms with E-state index in [0.29, 0.717) is 29.0 Å². The first kappa shape index (κ1) is 22.2. The Kier molecular flexibility index (Phi) is 4.64. The van der Waals surface area contributed by atoms with Crippen molar-refractivity contribution in [2.24, 2.45) is 50.7 Å². The molecule has 0 aromatic rings. The van der Waals surface area contributed by atoms with Crippen molar-refractivity contribution in [2.45, 2.75) is 112 Å². The molecule has 0 spiro atoms. The number of carbonyl (C=O) groups excluding carboxylic acids is 1. The first-order valence-electron chi connectivity index (χ1n) is 13.2. The molecule has 4 saturated carbocycles. The van der Waals surface area contributed by atoms with Gasteiger partial charge in [-0.3, -0.25) is 4.79 Å². The summed E-state index contributed by atoms with van der Waals surface area (Å²) in [5, 5.41) is 10.8. The quantitative estimate of drug-likeness (QED) is 0.425. The largest absolute Gasteiger partial charge is 0.393 e. The molecule has 2 nitrogen and oxygen atoms in total. The van der Waals surface area contributed by atoms with Crippen LogP contribution in [0.15, 0.2) is 11.6 Å². The lowest BCUT2D eigenvalue weighted by Gasteiger charge is -2.70. The first-order valence-corrected chi connectivity index (χ1v) is 13.2. The van der Waals surface area contributed by atoms with Crippen LogP contribution in [-0.4, -0.2) is 17.0 Å². The van der Waals surface area contributed by atoms with Gasteiger partial charge in [0.25, 0.3) is 0 Å². The summed E-state index contributed by atoms with van der Waals surface area (Å²) in [6, 6.07) is 0. The topological polar surface area (TPSA) is 37.3 Å². The van der Waals surface area contributed by atoms with E-state index < -0.39 is 0 Å². The normalized spacial score (nSPS) is 52.8. The fraction of sp³-hybridized carbons (Fsp3) is 0.897.